The van der Waals surface area contributed by atoms with E-state index >= 15 is 0 Å². The van der Waals surface area contributed by atoms with Gasteiger partial charge >= 0.3 is 5.97 Å². The molecule has 1 aromatic carbocycles. The number of rotatable bonds is 8. The molecule has 2 N–H and O–H groups in total. The molecular formula is C23H34N2O4. The first-order valence-corrected chi connectivity index (χ1v) is 10.5. The van der Waals surface area contributed by atoms with Gasteiger partial charge in [0.25, 0.3) is 5.91 Å². The summed E-state index contributed by atoms with van der Waals surface area (Å²) < 4.78 is 5.12. The molecule has 0 saturated heterocycles. The van der Waals surface area contributed by atoms with Gasteiger partial charge in [-0.05, 0) is 54.7 Å². The third kappa shape index (κ3) is 7.52. The van der Waals surface area contributed by atoms with Gasteiger partial charge in [-0.25, -0.2) is 0 Å². The molecule has 6 nitrogen and oxygen atoms in total. The zero-order chi connectivity index (χ0) is 21.4. The Morgan fingerprint density at radius 2 is 1.69 bits per heavy atom. The van der Waals surface area contributed by atoms with Crippen molar-refractivity contribution in [3.63, 3.8) is 0 Å². The Morgan fingerprint density at radius 3 is 2.24 bits per heavy atom. The van der Waals surface area contributed by atoms with Crippen LogP contribution in [0.1, 0.15) is 65.4 Å². The Hall–Kier alpha value is -2.37. The number of amides is 2. The molecule has 0 spiro atoms. The number of carbonyl (C=O) groups is 3. The summed E-state index contributed by atoms with van der Waals surface area (Å²) >= 11 is 0. The first-order valence-electron chi connectivity index (χ1n) is 10.5. The van der Waals surface area contributed by atoms with Crippen LogP contribution in [0.25, 0.3) is 0 Å². The Labute approximate surface area is 173 Å². The van der Waals surface area contributed by atoms with Gasteiger partial charge in [0.15, 0.2) is 6.61 Å². The molecule has 1 aliphatic carbocycles. The Balaban J connectivity index is 1.68. The van der Waals surface area contributed by atoms with Crippen molar-refractivity contribution in [2.24, 2.45) is 11.3 Å². The molecule has 1 aromatic rings. The molecule has 0 atom stereocenters. The van der Waals surface area contributed by atoms with Crippen LogP contribution in [0, 0.1) is 11.3 Å². The molecule has 1 aliphatic rings. The molecule has 2 amide bonds. The second-order valence-electron chi connectivity index (χ2n) is 8.67. The lowest BCUT2D eigenvalue weighted by Gasteiger charge is -2.39. The monoisotopic (exact) mass is 402 g/mol. The molecule has 0 bridgehead atoms. The summed E-state index contributed by atoms with van der Waals surface area (Å²) in [4.78, 5) is 35.1. The Kier molecular flexibility index (Phi) is 8.23. The van der Waals surface area contributed by atoms with Gasteiger partial charge in [0.1, 0.15) is 0 Å². The molecule has 1 saturated carbocycles. The molecule has 1 fully saturated rings. The van der Waals surface area contributed by atoms with E-state index in [1.807, 2.05) is 0 Å². The average Bonchev–Trinajstić information content (AvgIpc) is 2.68. The van der Waals surface area contributed by atoms with Gasteiger partial charge in [-0.2, -0.15) is 0 Å². The molecule has 6 heteroatoms. The van der Waals surface area contributed by atoms with Crippen molar-refractivity contribution in [3.05, 3.63) is 29.8 Å². The number of ether oxygens (including phenoxy) is 1. The van der Waals surface area contributed by atoms with Crippen LogP contribution in [0.4, 0.5) is 5.69 Å². The van der Waals surface area contributed by atoms with Gasteiger partial charge in [-0.3, -0.25) is 14.4 Å². The minimum atomic E-state index is -0.444. The maximum Gasteiger partial charge on any atom is 0.310 e. The minimum absolute atomic E-state index is 0.0881. The summed E-state index contributed by atoms with van der Waals surface area (Å²) in [7, 11) is 0. The van der Waals surface area contributed by atoms with Gasteiger partial charge in [0.2, 0.25) is 5.91 Å². The molecule has 0 aliphatic heterocycles. The molecule has 0 radical (unpaired) electrons. The topological polar surface area (TPSA) is 84.5 Å². The number of nitrogens with one attached hydrogen (secondary N) is 2. The molecule has 160 valence electrons. The maximum atomic E-state index is 12.1. The van der Waals surface area contributed by atoms with Crippen molar-refractivity contribution in [2.75, 3.05) is 11.9 Å². The zero-order valence-electron chi connectivity index (χ0n) is 18.0. The second-order valence-corrected chi connectivity index (χ2v) is 8.67. The summed E-state index contributed by atoms with van der Waals surface area (Å²) in [6.45, 7) is 8.07. The molecule has 0 unspecified atom stereocenters. The smallest absolute Gasteiger partial charge is 0.310 e. The fourth-order valence-electron chi connectivity index (χ4n) is 3.85. The predicted molar refractivity (Wildman–Crippen MR) is 113 cm³/mol. The lowest BCUT2D eigenvalue weighted by Crippen LogP contribution is -2.41. The van der Waals surface area contributed by atoms with E-state index < -0.39 is 5.97 Å². The summed E-state index contributed by atoms with van der Waals surface area (Å²) in [6.07, 6.45) is 5.47. The second kappa shape index (κ2) is 10.4. The van der Waals surface area contributed by atoms with E-state index in [-0.39, 0.29) is 30.9 Å². The third-order valence-corrected chi connectivity index (χ3v) is 6.10. The highest BCUT2D eigenvalue weighted by Gasteiger charge is 2.32. The number of hydrogen-bond donors (Lipinski definition) is 2. The van der Waals surface area contributed by atoms with Crippen molar-refractivity contribution >= 4 is 23.5 Å². The van der Waals surface area contributed by atoms with Crippen molar-refractivity contribution in [1.82, 2.24) is 5.32 Å². The summed E-state index contributed by atoms with van der Waals surface area (Å²) in [5, 5.41) is 5.67. The fraction of sp³-hybridized carbons (Fsp3) is 0.609. The van der Waals surface area contributed by atoms with Crippen LogP contribution < -0.4 is 10.6 Å². The number of esters is 1. The molecule has 0 heterocycles. The molecule has 2 rings (SSSR count). The van der Waals surface area contributed by atoms with Crippen LogP contribution in [0.2, 0.25) is 0 Å². The highest BCUT2D eigenvalue weighted by atomic mass is 16.5. The quantitative estimate of drug-likeness (QED) is 0.647. The SMILES string of the molecule is CCC(C)(C)C1CCC(NC(=O)COC(=O)Cc2ccc(NC(C)=O)cc2)CC1. The van der Waals surface area contributed by atoms with E-state index in [0.29, 0.717) is 17.0 Å². The van der Waals surface area contributed by atoms with Crippen LogP contribution in [0.3, 0.4) is 0 Å². The maximum absolute atomic E-state index is 12.1. The predicted octanol–water partition coefficient (Wildman–Crippen LogP) is 3.84. The van der Waals surface area contributed by atoms with Crippen LogP contribution in [-0.4, -0.2) is 30.4 Å². The van der Waals surface area contributed by atoms with Crippen molar-refractivity contribution in [1.29, 1.82) is 0 Å². The normalized spacial score (nSPS) is 19.3. The van der Waals surface area contributed by atoms with Gasteiger partial charge in [0.05, 0.1) is 6.42 Å². The Morgan fingerprint density at radius 1 is 1.07 bits per heavy atom. The third-order valence-electron chi connectivity index (χ3n) is 6.10. The van der Waals surface area contributed by atoms with E-state index in [2.05, 4.69) is 31.4 Å². The zero-order valence-corrected chi connectivity index (χ0v) is 18.0. The van der Waals surface area contributed by atoms with Crippen molar-refractivity contribution in [3.8, 4) is 0 Å². The summed E-state index contributed by atoms with van der Waals surface area (Å²) in [6, 6.07) is 7.14. The minimum Gasteiger partial charge on any atom is -0.455 e. The molecular weight excluding hydrogens is 368 g/mol. The molecule has 0 aromatic heterocycles. The number of anilines is 1. The lowest BCUT2D eigenvalue weighted by molar-refractivity contribution is -0.148. The van der Waals surface area contributed by atoms with E-state index in [4.69, 9.17) is 4.74 Å². The average molecular weight is 403 g/mol. The summed E-state index contributed by atoms with van der Waals surface area (Å²) in [5.41, 5.74) is 1.79. The van der Waals surface area contributed by atoms with E-state index in [0.717, 1.165) is 31.2 Å². The number of carbonyl (C=O) groups excluding carboxylic acids is 3. The number of benzene rings is 1. The number of hydrogen-bond acceptors (Lipinski definition) is 4. The van der Waals surface area contributed by atoms with Crippen LogP contribution in [0.15, 0.2) is 24.3 Å². The van der Waals surface area contributed by atoms with Crippen LogP contribution >= 0.6 is 0 Å². The van der Waals surface area contributed by atoms with Gasteiger partial charge in [0, 0.05) is 18.7 Å². The van der Waals surface area contributed by atoms with Crippen LogP contribution in [-0.2, 0) is 25.5 Å². The van der Waals surface area contributed by atoms with Gasteiger partial charge < -0.3 is 15.4 Å². The first kappa shape index (κ1) is 22.9. The first-order chi connectivity index (χ1) is 13.7. The summed E-state index contributed by atoms with van der Waals surface area (Å²) in [5.74, 6) is -0.125. The van der Waals surface area contributed by atoms with Crippen molar-refractivity contribution < 1.29 is 19.1 Å². The fourth-order valence-corrected chi connectivity index (χ4v) is 3.85. The van der Waals surface area contributed by atoms with E-state index in [1.54, 1.807) is 24.3 Å². The lowest BCUT2D eigenvalue weighted by atomic mass is 9.69. The van der Waals surface area contributed by atoms with E-state index in [1.165, 1.54) is 13.3 Å². The van der Waals surface area contributed by atoms with Crippen LogP contribution in [0.5, 0.6) is 0 Å². The Bertz CT molecular complexity index is 704. The van der Waals surface area contributed by atoms with E-state index in [9.17, 15) is 14.4 Å². The molecule has 29 heavy (non-hydrogen) atoms. The van der Waals surface area contributed by atoms with Crippen molar-refractivity contribution in [2.45, 2.75) is 72.3 Å². The highest BCUT2D eigenvalue weighted by Crippen LogP contribution is 2.40. The van der Waals surface area contributed by atoms with Gasteiger partial charge in [-0.1, -0.05) is 39.3 Å². The van der Waals surface area contributed by atoms with Gasteiger partial charge in [-0.15, -0.1) is 0 Å². The highest BCUT2D eigenvalue weighted by molar-refractivity contribution is 5.88. The standard InChI is InChI=1S/C23H34N2O4/c1-5-23(3,4)18-8-12-20(13-9-18)25-21(27)15-29-22(28)14-17-6-10-19(11-7-17)24-16(2)26/h6-7,10-11,18,20H,5,8-9,12-15H2,1-4H3,(H,24,26)(H,25,27). The largest absolute Gasteiger partial charge is 0.455 e.